The molecule has 0 aliphatic heterocycles. The maximum absolute atomic E-state index is 4.40. The van der Waals surface area contributed by atoms with Crippen molar-refractivity contribution in [1.29, 1.82) is 0 Å². The standard InChI is InChI=1S/C15H14N4/c1-16-8-11-9-18-15(19-10-11)13-4-5-14-12(7-13)3-2-6-17-14/h2-7,9-10,16H,8H2,1H3. The molecule has 3 rings (SSSR count). The first-order chi connectivity index (χ1) is 9.36. The number of hydrogen-bond donors (Lipinski definition) is 1. The molecular formula is C15H14N4. The molecule has 19 heavy (non-hydrogen) atoms. The summed E-state index contributed by atoms with van der Waals surface area (Å²) in [5.41, 5.74) is 3.07. The minimum Gasteiger partial charge on any atom is -0.316 e. The molecule has 0 unspecified atom stereocenters. The van der Waals surface area contributed by atoms with Crippen molar-refractivity contribution in [1.82, 2.24) is 20.3 Å². The van der Waals surface area contributed by atoms with Crippen LogP contribution in [0.15, 0.2) is 48.9 Å². The third-order valence-corrected chi connectivity index (χ3v) is 2.95. The summed E-state index contributed by atoms with van der Waals surface area (Å²) in [6, 6.07) is 10.0. The van der Waals surface area contributed by atoms with E-state index >= 15 is 0 Å². The molecular weight excluding hydrogens is 236 g/mol. The summed E-state index contributed by atoms with van der Waals surface area (Å²) in [4.78, 5) is 13.1. The largest absolute Gasteiger partial charge is 0.316 e. The van der Waals surface area contributed by atoms with Crippen LogP contribution in [0.3, 0.4) is 0 Å². The second kappa shape index (κ2) is 5.12. The zero-order chi connectivity index (χ0) is 13.1. The number of pyridine rings is 1. The van der Waals surface area contributed by atoms with Gasteiger partial charge in [0.25, 0.3) is 0 Å². The second-order valence-electron chi connectivity index (χ2n) is 4.36. The first kappa shape index (κ1) is 11.7. The fourth-order valence-electron chi connectivity index (χ4n) is 2.01. The van der Waals surface area contributed by atoms with Gasteiger partial charge in [-0.3, -0.25) is 4.98 Å². The average molecular weight is 250 g/mol. The molecule has 0 aliphatic rings. The third kappa shape index (κ3) is 2.44. The fourth-order valence-corrected chi connectivity index (χ4v) is 2.01. The van der Waals surface area contributed by atoms with Crippen molar-refractivity contribution >= 4 is 10.9 Å². The molecule has 0 aliphatic carbocycles. The van der Waals surface area contributed by atoms with Gasteiger partial charge in [-0.25, -0.2) is 9.97 Å². The Bertz CT molecular complexity index is 692. The van der Waals surface area contributed by atoms with Crippen LogP contribution in [0.2, 0.25) is 0 Å². The third-order valence-electron chi connectivity index (χ3n) is 2.95. The van der Waals surface area contributed by atoms with Crippen LogP contribution in [0.25, 0.3) is 22.3 Å². The van der Waals surface area contributed by atoms with E-state index in [-0.39, 0.29) is 0 Å². The second-order valence-corrected chi connectivity index (χ2v) is 4.36. The lowest BCUT2D eigenvalue weighted by molar-refractivity contribution is 0.807. The lowest BCUT2D eigenvalue weighted by Crippen LogP contribution is -2.06. The predicted octanol–water partition coefficient (Wildman–Crippen LogP) is 2.41. The maximum Gasteiger partial charge on any atom is 0.159 e. The van der Waals surface area contributed by atoms with E-state index < -0.39 is 0 Å². The van der Waals surface area contributed by atoms with E-state index in [4.69, 9.17) is 0 Å². The minimum atomic E-state index is 0.741. The number of nitrogens with zero attached hydrogens (tertiary/aromatic N) is 3. The Labute approximate surface area is 111 Å². The number of fused-ring (bicyclic) bond motifs is 1. The highest BCUT2D eigenvalue weighted by Gasteiger charge is 2.03. The lowest BCUT2D eigenvalue weighted by Gasteiger charge is -2.03. The molecule has 1 aromatic carbocycles. The van der Waals surface area contributed by atoms with Gasteiger partial charge in [-0.05, 0) is 31.3 Å². The van der Waals surface area contributed by atoms with Crippen LogP contribution >= 0.6 is 0 Å². The van der Waals surface area contributed by atoms with Gasteiger partial charge in [0.05, 0.1) is 5.52 Å². The van der Waals surface area contributed by atoms with Gasteiger partial charge < -0.3 is 5.32 Å². The Balaban J connectivity index is 1.99. The minimum absolute atomic E-state index is 0.741. The highest BCUT2D eigenvalue weighted by atomic mass is 14.9. The molecule has 0 fully saturated rings. The molecule has 0 saturated heterocycles. The molecule has 0 bridgehead atoms. The molecule has 1 N–H and O–H groups in total. The molecule has 0 atom stereocenters. The van der Waals surface area contributed by atoms with Crippen LogP contribution in [0, 0.1) is 0 Å². The van der Waals surface area contributed by atoms with Gasteiger partial charge in [0, 0.05) is 41.6 Å². The molecule has 94 valence electrons. The molecule has 0 radical (unpaired) electrons. The first-order valence-corrected chi connectivity index (χ1v) is 6.17. The van der Waals surface area contributed by atoms with Crippen LogP contribution in [0.5, 0.6) is 0 Å². The quantitative estimate of drug-likeness (QED) is 0.775. The Hall–Kier alpha value is -2.33. The van der Waals surface area contributed by atoms with Crippen LogP contribution < -0.4 is 5.32 Å². The zero-order valence-corrected chi connectivity index (χ0v) is 10.7. The van der Waals surface area contributed by atoms with Gasteiger partial charge in [0.1, 0.15) is 0 Å². The van der Waals surface area contributed by atoms with Crippen molar-refractivity contribution in [3.63, 3.8) is 0 Å². The summed E-state index contributed by atoms with van der Waals surface area (Å²) >= 11 is 0. The van der Waals surface area contributed by atoms with Gasteiger partial charge >= 0.3 is 0 Å². The average Bonchev–Trinajstić information content (AvgIpc) is 2.48. The number of rotatable bonds is 3. The van der Waals surface area contributed by atoms with Gasteiger partial charge in [0.2, 0.25) is 0 Å². The van der Waals surface area contributed by atoms with Crippen molar-refractivity contribution in [2.24, 2.45) is 0 Å². The van der Waals surface area contributed by atoms with Crippen LogP contribution in [-0.4, -0.2) is 22.0 Å². The van der Waals surface area contributed by atoms with Crippen LogP contribution in [0.1, 0.15) is 5.56 Å². The summed E-state index contributed by atoms with van der Waals surface area (Å²) in [5, 5.41) is 4.18. The van der Waals surface area contributed by atoms with Crippen LogP contribution in [-0.2, 0) is 6.54 Å². The topological polar surface area (TPSA) is 50.7 Å². The van der Waals surface area contributed by atoms with Gasteiger partial charge in [-0.1, -0.05) is 6.07 Å². The predicted molar refractivity (Wildman–Crippen MR) is 75.5 cm³/mol. The molecule has 3 aromatic rings. The van der Waals surface area contributed by atoms with Crippen molar-refractivity contribution in [3.05, 3.63) is 54.5 Å². The smallest absolute Gasteiger partial charge is 0.159 e. The number of nitrogens with one attached hydrogen (secondary N) is 1. The monoisotopic (exact) mass is 250 g/mol. The molecule has 0 amide bonds. The summed E-state index contributed by atoms with van der Waals surface area (Å²) in [7, 11) is 1.91. The highest BCUT2D eigenvalue weighted by molar-refractivity contribution is 5.82. The van der Waals surface area contributed by atoms with Gasteiger partial charge in [-0.15, -0.1) is 0 Å². The Kier molecular flexibility index (Phi) is 3.16. The summed E-state index contributed by atoms with van der Waals surface area (Å²) < 4.78 is 0. The maximum atomic E-state index is 4.40. The summed E-state index contributed by atoms with van der Waals surface area (Å²) in [5.74, 6) is 0.741. The number of benzene rings is 1. The molecule has 2 heterocycles. The van der Waals surface area contributed by atoms with E-state index in [0.29, 0.717) is 0 Å². The lowest BCUT2D eigenvalue weighted by atomic mass is 10.1. The Morgan fingerprint density at radius 1 is 1.05 bits per heavy atom. The fraction of sp³-hybridized carbons (Fsp3) is 0.133. The molecule has 4 nitrogen and oxygen atoms in total. The Morgan fingerprint density at radius 2 is 1.89 bits per heavy atom. The zero-order valence-electron chi connectivity index (χ0n) is 10.7. The van der Waals surface area contributed by atoms with Crippen molar-refractivity contribution in [2.75, 3.05) is 7.05 Å². The van der Waals surface area contributed by atoms with Gasteiger partial charge in [0.15, 0.2) is 5.82 Å². The highest BCUT2D eigenvalue weighted by Crippen LogP contribution is 2.20. The van der Waals surface area contributed by atoms with Crippen LogP contribution in [0.4, 0.5) is 0 Å². The molecule has 0 spiro atoms. The summed E-state index contributed by atoms with van der Waals surface area (Å²) in [6.45, 7) is 0.780. The van der Waals surface area contributed by atoms with Crippen molar-refractivity contribution < 1.29 is 0 Å². The molecule has 2 aromatic heterocycles. The van der Waals surface area contributed by atoms with E-state index in [2.05, 4.69) is 26.3 Å². The van der Waals surface area contributed by atoms with Crippen molar-refractivity contribution in [3.8, 4) is 11.4 Å². The van der Waals surface area contributed by atoms with E-state index in [1.165, 1.54) is 0 Å². The van der Waals surface area contributed by atoms with Crippen molar-refractivity contribution in [2.45, 2.75) is 6.54 Å². The van der Waals surface area contributed by atoms with E-state index in [9.17, 15) is 0 Å². The van der Waals surface area contributed by atoms with E-state index in [1.807, 2.05) is 43.7 Å². The normalized spacial score (nSPS) is 10.8. The van der Waals surface area contributed by atoms with E-state index in [1.54, 1.807) is 6.20 Å². The van der Waals surface area contributed by atoms with Gasteiger partial charge in [-0.2, -0.15) is 0 Å². The molecule has 0 saturated carbocycles. The van der Waals surface area contributed by atoms with E-state index in [0.717, 1.165) is 34.4 Å². The SMILES string of the molecule is CNCc1cnc(-c2ccc3ncccc3c2)nc1. The molecule has 4 heteroatoms. The number of aromatic nitrogens is 3. The first-order valence-electron chi connectivity index (χ1n) is 6.17. The number of hydrogen-bond acceptors (Lipinski definition) is 4. The Morgan fingerprint density at radius 3 is 2.68 bits per heavy atom. The summed E-state index contributed by atoms with van der Waals surface area (Å²) in [6.07, 6.45) is 5.50.